The van der Waals surface area contributed by atoms with Gasteiger partial charge < -0.3 is 26.8 Å². The van der Waals surface area contributed by atoms with Gasteiger partial charge in [-0.05, 0) is 51.4 Å². The summed E-state index contributed by atoms with van der Waals surface area (Å²) in [5.74, 6) is 0.260. The van der Waals surface area contributed by atoms with Crippen LogP contribution < -0.4 is 21.7 Å². The van der Waals surface area contributed by atoms with Crippen molar-refractivity contribution in [1.82, 2.24) is 16.0 Å². The van der Waals surface area contributed by atoms with Crippen LogP contribution in [0.25, 0.3) is 0 Å². The maximum atomic E-state index is 13.0. The molecule has 0 aliphatic carbocycles. The fourth-order valence-corrected chi connectivity index (χ4v) is 2.96. The Morgan fingerprint density at radius 2 is 1.63 bits per heavy atom. The van der Waals surface area contributed by atoms with Gasteiger partial charge in [-0.25, -0.2) is 4.79 Å². The summed E-state index contributed by atoms with van der Waals surface area (Å²) in [4.78, 5) is 23.8. The molecule has 0 radical (unpaired) electrons. The molecule has 27 heavy (non-hydrogen) atoms. The number of amides is 3. The average molecular weight is 387 g/mol. The fourth-order valence-electron chi connectivity index (χ4n) is 2.96. The predicted octanol–water partition coefficient (Wildman–Crippen LogP) is 2.13. The van der Waals surface area contributed by atoms with Gasteiger partial charge in [-0.2, -0.15) is 0 Å². The van der Waals surface area contributed by atoms with E-state index in [1.807, 2.05) is 41.5 Å². The number of nitrogens with two attached hydrogens (primary N) is 1. The van der Waals surface area contributed by atoms with E-state index in [0.29, 0.717) is 31.7 Å². The summed E-state index contributed by atoms with van der Waals surface area (Å²) < 4.78 is 0. The number of rotatable bonds is 10. The molecule has 3 unspecified atom stereocenters. The van der Waals surface area contributed by atoms with Gasteiger partial charge in [0.15, 0.2) is 0 Å². The number of hydrogen-bond acceptors (Lipinski definition) is 4. The molecule has 0 saturated carbocycles. The second-order valence-electron chi connectivity index (χ2n) is 9.94. The Morgan fingerprint density at radius 1 is 1.07 bits per heavy atom. The van der Waals surface area contributed by atoms with E-state index >= 15 is 0 Å². The molecule has 0 fully saturated rings. The Bertz CT molecular complexity index is 467. The molecule has 3 atom stereocenters. The Hall–Kier alpha value is -1.34. The number of nitrogens with one attached hydrogen (secondary N) is 3. The lowest BCUT2D eigenvalue weighted by molar-refractivity contribution is -0.126. The summed E-state index contributed by atoms with van der Waals surface area (Å²) in [6.45, 7) is 16.5. The van der Waals surface area contributed by atoms with Crippen molar-refractivity contribution in [3.63, 3.8) is 0 Å². The van der Waals surface area contributed by atoms with Gasteiger partial charge >= 0.3 is 6.03 Å². The first-order valence-corrected chi connectivity index (χ1v) is 9.93. The molecule has 3 amide bonds. The standard InChI is InChI=1S/C20H42N4O3/c1-13(2)12-15(24-20(6,7)8)17(26)23-14(16(25)19(3,4)5)10-9-11-22-18(21)27/h13-16,24-25H,9-12H2,1-8H3,(H,23,26)(H3,21,22,27). The van der Waals surface area contributed by atoms with Crippen LogP contribution in [0.1, 0.15) is 74.7 Å². The van der Waals surface area contributed by atoms with Crippen molar-refractivity contribution in [2.45, 2.75) is 98.4 Å². The van der Waals surface area contributed by atoms with Crippen molar-refractivity contribution in [3.05, 3.63) is 0 Å². The van der Waals surface area contributed by atoms with Gasteiger partial charge in [0.2, 0.25) is 5.91 Å². The van der Waals surface area contributed by atoms with Gasteiger partial charge in [0.05, 0.1) is 18.2 Å². The van der Waals surface area contributed by atoms with E-state index < -0.39 is 18.2 Å². The van der Waals surface area contributed by atoms with Crippen molar-refractivity contribution in [1.29, 1.82) is 0 Å². The maximum Gasteiger partial charge on any atom is 0.312 e. The molecular formula is C20H42N4O3. The van der Waals surface area contributed by atoms with Crippen LogP contribution in [-0.4, -0.2) is 47.3 Å². The van der Waals surface area contributed by atoms with Crippen molar-refractivity contribution in [3.8, 4) is 0 Å². The molecule has 0 heterocycles. The molecule has 0 aliphatic heterocycles. The zero-order valence-electron chi connectivity index (χ0n) is 18.5. The summed E-state index contributed by atoms with van der Waals surface area (Å²) in [5.41, 5.74) is 4.52. The first-order chi connectivity index (χ1) is 12.1. The number of aliphatic hydroxyl groups excluding tert-OH is 1. The Kier molecular flexibility index (Phi) is 10.3. The summed E-state index contributed by atoms with van der Waals surface area (Å²) in [7, 11) is 0. The van der Waals surface area contributed by atoms with Gasteiger partial charge in [-0.1, -0.05) is 34.6 Å². The summed E-state index contributed by atoms with van der Waals surface area (Å²) in [6.07, 6.45) is 1.17. The minimum atomic E-state index is -0.704. The van der Waals surface area contributed by atoms with Gasteiger partial charge in [-0.3, -0.25) is 4.79 Å². The van der Waals surface area contributed by atoms with Gasteiger partial charge in [0, 0.05) is 12.1 Å². The third kappa shape index (κ3) is 11.9. The summed E-state index contributed by atoms with van der Waals surface area (Å²) in [6, 6.07) is -1.30. The van der Waals surface area contributed by atoms with E-state index in [1.165, 1.54) is 0 Å². The maximum absolute atomic E-state index is 13.0. The molecule has 0 aromatic heterocycles. The third-order valence-corrected chi connectivity index (χ3v) is 4.22. The highest BCUT2D eigenvalue weighted by Gasteiger charge is 2.33. The van der Waals surface area contributed by atoms with Crippen molar-refractivity contribution < 1.29 is 14.7 Å². The number of hydrogen-bond donors (Lipinski definition) is 5. The molecule has 0 aromatic carbocycles. The second kappa shape index (κ2) is 10.9. The first-order valence-electron chi connectivity index (χ1n) is 9.93. The van der Waals surface area contributed by atoms with Crippen LogP contribution in [0.3, 0.4) is 0 Å². The van der Waals surface area contributed by atoms with Crippen LogP contribution in [0, 0.1) is 11.3 Å². The highest BCUT2D eigenvalue weighted by Crippen LogP contribution is 2.24. The molecule has 160 valence electrons. The van der Waals surface area contributed by atoms with Gasteiger partial charge in [0.1, 0.15) is 0 Å². The first kappa shape index (κ1) is 25.7. The Morgan fingerprint density at radius 3 is 2.04 bits per heavy atom. The van der Waals surface area contributed by atoms with Gasteiger partial charge in [-0.15, -0.1) is 0 Å². The van der Waals surface area contributed by atoms with E-state index in [9.17, 15) is 14.7 Å². The summed E-state index contributed by atoms with van der Waals surface area (Å²) >= 11 is 0. The lowest BCUT2D eigenvalue weighted by Gasteiger charge is -2.36. The van der Waals surface area contributed by atoms with E-state index in [4.69, 9.17) is 5.73 Å². The Balaban J connectivity index is 5.16. The predicted molar refractivity (Wildman–Crippen MR) is 110 cm³/mol. The van der Waals surface area contributed by atoms with E-state index in [2.05, 4.69) is 29.8 Å². The number of urea groups is 1. The molecule has 7 heteroatoms. The molecule has 0 aromatic rings. The molecule has 7 nitrogen and oxygen atoms in total. The number of carbonyl (C=O) groups is 2. The second-order valence-corrected chi connectivity index (χ2v) is 9.94. The summed E-state index contributed by atoms with van der Waals surface area (Å²) in [5, 5.41) is 19.7. The van der Waals surface area contributed by atoms with Crippen LogP contribution in [0.4, 0.5) is 4.79 Å². The number of carbonyl (C=O) groups excluding carboxylic acids is 2. The SMILES string of the molecule is CC(C)CC(NC(C)(C)C)C(=O)NC(CCCNC(N)=O)C(O)C(C)(C)C. The largest absolute Gasteiger partial charge is 0.390 e. The van der Waals surface area contributed by atoms with Crippen LogP contribution in [0.2, 0.25) is 0 Å². The molecule has 0 aliphatic rings. The Labute approximate surface area is 165 Å². The van der Waals surface area contributed by atoms with Gasteiger partial charge in [0.25, 0.3) is 0 Å². The molecule has 0 saturated heterocycles. The smallest absolute Gasteiger partial charge is 0.312 e. The minimum absolute atomic E-state index is 0.102. The number of aliphatic hydroxyl groups is 1. The van der Waals surface area contributed by atoms with Crippen LogP contribution in [0.15, 0.2) is 0 Å². The van der Waals surface area contributed by atoms with E-state index in [0.717, 1.165) is 0 Å². The minimum Gasteiger partial charge on any atom is -0.390 e. The normalized spacial score (nSPS) is 15.9. The van der Waals surface area contributed by atoms with Crippen LogP contribution in [-0.2, 0) is 4.79 Å². The lowest BCUT2D eigenvalue weighted by atomic mass is 9.83. The molecular weight excluding hydrogens is 344 g/mol. The van der Waals surface area contributed by atoms with E-state index in [1.54, 1.807) is 0 Å². The van der Waals surface area contributed by atoms with Crippen molar-refractivity contribution in [2.24, 2.45) is 17.1 Å². The molecule has 0 bridgehead atoms. The topological polar surface area (TPSA) is 116 Å². The monoisotopic (exact) mass is 386 g/mol. The molecule has 6 N–H and O–H groups in total. The van der Waals surface area contributed by atoms with Crippen LogP contribution in [0.5, 0.6) is 0 Å². The van der Waals surface area contributed by atoms with Crippen LogP contribution >= 0.6 is 0 Å². The van der Waals surface area contributed by atoms with Crippen molar-refractivity contribution >= 4 is 11.9 Å². The third-order valence-electron chi connectivity index (χ3n) is 4.22. The zero-order valence-corrected chi connectivity index (χ0v) is 18.5. The highest BCUT2D eigenvalue weighted by atomic mass is 16.3. The van der Waals surface area contributed by atoms with E-state index in [-0.39, 0.29) is 22.9 Å². The van der Waals surface area contributed by atoms with Crippen molar-refractivity contribution in [2.75, 3.05) is 6.54 Å². The lowest BCUT2D eigenvalue weighted by Crippen LogP contribution is -2.57. The zero-order chi connectivity index (χ0) is 21.4. The fraction of sp³-hybridized carbons (Fsp3) is 0.900. The molecule has 0 spiro atoms. The molecule has 0 rings (SSSR count). The number of primary amides is 1. The average Bonchev–Trinajstić information content (AvgIpc) is 2.45. The quantitative estimate of drug-likeness (QED) is 0.370. The highest BCUT2D eigenvalue weighted by molar-refractivity contribution is 5.82.